The van der Waals surface area contributed by atoms with Gasteiger partial charge in [-0.3, -0.25) is 14.5 Å². The summed E-state index contributed by atoms with van der Waals surface area (Å²) in [6.07, 6.45) is 1.62. The number of amides is 2. The van der Waals surface area contributed by atoms with Gasteiger partial charge in [0.15, 0.2) is 0 Å². The Labute approximate surface area is 145 Å². The second-order valence-electron chi connectivity index (χ2n) is 5.79. The number of likely N-dealkylation sites (N-methyl/N-ethyl adjacent to an activating group) is 1. The fourth-order valence-corrected chi connectivity index (χ4v) is 2.64. The molecule has 0 radical (unpaired) electrons. The second-order valence-corrected chi connectivity index (χ2v) is 5.79. The predicted octanol–water partition coefficient (Wildman–Crippen LogP) is 0.334. The molecule has 6 nitrogen and oxygen atoms in total. The third kappa shape index (κ3) is 4.98. The first-order valence-corrected chi connectivity index (χ1v) is 7.58. The Morgan fingerprint density at radius 2 is 1.55 bits per heavy atom. The number of nitrogens with zero attached hydrogens (tertiary/aromatic N) is 3. The van der Waals surface area contributed by atoms with E-state index in [1.165, 1.54) is 0 Å². The minimum atomic E-state index is -0.570. The molecule has 1 saturated heterocycles. The Morgan fingerprint density at radius 1 is 1.05 bits per heavy atom. The fourth-order valence-electron chi connectivity index (χ4n) is 2.64. The lowest BCUT2D eigenvalue weighted by molar-refractivity contribution is -0.136. The zero-order chi connectivity index (χ0) is 14.8. The molecule has 0 bridgehead atoms. The lowest BCUT2D eigenvalue weighted by Gasteiger charge is -2.36. The van der Waals surface area contributed by atoms with Crippen LogP contribution in [0.1, 0.15) is 26.7 Å². The van der Waals surface area contributed by atoms with Crippen LogP contribution in [-0.4, -0.2) is 77.9 Å². The van der Waals surface area contributed by atoms with E-state index < -0.39 is 5.54 Å². The number of hydrogen-bond donors (Lipinski definition) is 1. The third-order valence-electron chi connectivity index (χ3n) is 4.35. The van der Waals surface area contributed by atoms with Crippen LogP contribution >= 0.6 is 24.8 Å². The van der Waals surface area contributed by atoms with E-state index in [-0.39, 0.29) is 36.6 Å². The normalized spacial score (nSPS) is 19.7. The number of carbonyl (C=O) groups excluding carboxylic acids is 2. The maximum Gasteiger partial charge on any atom is 0.242 e. The van der Waals surface area contributed by atoms with Crippen molar-refractivity contribution in [2.45, 2.75) is 32.2 Å². The van der Waals surface area contributed by atoms with Crippen molar-refractivity contribution in [2.75, 3.05) is 45.8 Å². The van der Waals surface area contributed by atoms with Gasteiger partial charge in [-0.05, 0) is 26.7 Å². The predicted molar refractivity (Wildman–Crippen MR) is 91.6 cm³/mol. The first kappa shape index (κ1) is 21.4. The first-order chi connectivity index (χ1) is 9.50. The minimum Gasteiger partial charge on any atom is -0.342 e. The summed E-state index contributed by atoms with van der Waals surface area (Å²) in [4.78, 5) is 30.0. The Morgan fingerprint density at radius 3 is 1.95 bits per heavy atom. The summed E-state index contributed by atoms with van der Waals surface area (Å²) in [7, 11) is 0. The summed E-state index contributed by atoms with van der Waals surface area (Å²) in [6.45, 7) is 8.84. The molecule has 1 aliphatic carbocycles. The van der Waals surface area contributed by atoms with E-state index in [2.05, 4.69) is 4.90 Å². The van der Waals surface area contributed by atoms with E-state index >= 15 is 0 Å². The molecule has 1 aliphatic heterocycles. The van der Waals surface area contributed by atoms with Gasteiger partial charge in [-0.1, -0.05) is 0 Å². The van der Waals surface area contributed by atoms with Crippen LogP contribution in [0.25, 0.3) is 0 Å². The van der Waals surface area contributed by atoms with Gasteiger partial charge in [-0.15, -0.1) is 24.8 Å². The number of piperazine rings is 1. The summed E-state index contributed by atoms with van der Waals surface area (Å²) < 4.78 is 0. The lowest BCUT2D eigenvalue weighted by atomic mass is 10.2. The van der Waals surface area contributed by atoms with Crippen molar-refractivity contribution < 1.29 is 9.59 Å². The average Bonchev–Trinajstić information content (AvgIpc) is 3.19. The van der Waals surface area contributed by atoms with Crippen molar-refractivity contribution in [1.29, 1.82) is 0 Å². The van der Waals surface area contributed by atoms with Crippen LogP contribution in [0.2, 0.25) is 0 Å². The van der Waals surface area contributed by atoms with Gasteiger partial charge in [-0.2, -0.15) is 0 Å². The maximum absolute atomic E-state index is 12.1. The molecule has 0 aromatic rings. The molecule has 0 spiro atoms. The molecular weight excluding hydrogens is 327 g/mol. The van der Waals surface area contributed by atoms with E-state index in [1.54, 1.807) is 0 Å². The molecule has 2 amide bonds. The van der Waals surface area contributed by atoms with Crippen LogP contribution in [0.15, 0.2) is 0 Å². The molecule has 22 heavy (non-hydrogen) atoms. The monoisotopic (exact) mass is 354 g/mol. The molecule has 8 heteroatoms. The smallest absolute Gasteiger partial charge is 0.242 e. The standard InChI is InChI=1S/C14H26N4O2.2ClH/c1-3-17(4-2)12(19)11-16-7-9-18(10-8-16)13(20)14(15)5-6-14;;/h3-11,15H2,1-2H3;2*1H. The Balaban J connectivity index is 0.00000220. The summed E-state index contributed by atoms with van der Waals surface area (Å²) in [5.74, 6) is 0.263. The average molecular weight is 355 g/mol. The van der Waals surface area contributed by atoms with Crippen LogP contribution in [0, 0.1) is 0 Å². The number of carbonyl (C=O) groups is 2. The molecular formula is C14H28Cl2N4O2. The zero-order valence-electron chi connectivity index (χ0n) is 13.4. The molecule has 0 aromatic heterocycles. The van der Waals surface area contributed by atoms with Gasteiger partial charge in [0.25, 0.3) is 0 Å². The van der Waals surface area contributed by atoms with Gasteiger partial charge in [0, 0.05) is 39.3 Å². The highest BCUT2D eigenvalue weighted by atomic mass is 35.5. The Hall–Kier alpha value is -0.560. The van der Waals surface area contributed by atoms with Gasteiger partial charge < -0.3 is 15.5 Å². The van der Waals surface area contributed by atoms with Crippen LogP contribution < -0.4 is 5.73 Å². The van der Waals surface area contributed by atoms with Gasteiger partial charge in [0.1, 0.15) is 0 Å². The minimum absolute atomic E-state index is 0. The topological polar surface area (TPSA) is 69.9 Å². The second kappa shape index (κ2) is 8.91. The van der Waals surface area contributed by atoms with Gasteiger partial charge in [0.05, 0.1) is 12.1 Å². The highest BCUT2D eigenvalue weighted by molar-refractivity contribution is 5.89. The molecule has 2 N–H and O–H groups in total. The molecule has 0 aromatic carbocycles. The number of halogens is 2. The van der Waals surface area contributed by atoms with E-state index in [0.29, 0.717) is 19.6 Å². The summed E-state index contributed by atoms with van der Waals surface area (Å²) in [5, 5.41) is 0. The quantitative estimate of drug-likeness (QED) is 0.772. The van der Waals surface area contributed by atoms with Gasteiger partial charge in [-0.25, -0.2) is 0 Å². The first-order valence-electron chi connectivity index (χ1n) is 7.58. The maximum atomic E-state index is 12.1. The van der Waals surface area contributed by atoms with E-state index in [4.69, 9.17) is 5.73 Å². The number of hydrogen-bond acceptors (Lipinski definition) is 4. The number of nitrogens with two attached hydrogens (primary N) is 1. The SMILES string of the molecule is CCN(CC)C(=O)CN1CCN(C(=O)C2(N)CC2)CC1.Cl.Cl. The summed E-state index contributed by atoms with van der Waals surface area (Å²) in [5.41, 5.74) is 5.38. The Bertz CT molecular complexity index is 379. The summed E-state index contributed by atoms with van der Waals surface area (Å²) in [6, 6.07) is 0. The Kier molecular flexibility index (Phi) is 8.69. The molecule has 1 heterocycles. The lowest BCUT2D eigenvalue weighted by Crippen LogP contribution is -2.55. The van der Waals surface area contributed by atoms with E-state index in [0.717, 1.165) is 39.0 Å². The zero-order valence-corrected chi connectivity index (χ0v) is 15.0. The van der Waals surface area contributed by atoms with Crippen LogP contribution in [0.4, 0.5) is 0 Å². The van der Waals surface area contributed by atoms with Gasteiger partial charge in [0.2, 0.25) is 11.8 Å². The molecule has 2 aliphatic rings. The fraction of sp³-hybridized carbons (Fsp3) is 0.857. The molecule has 0 unspecified atom stereocenters. The van der Waals surface area contributed by atoms with Crippen LogP contribution in [0.3, 0.4) is 0 Å². The molecule has 1 saturated carbocycles. The third-order valence-corrected chi connectivity index (χ3v) is 4.35. The van der Waals surface area contributed by atoms with E-state index in [1.807, 2.05) is 23.6 Å². The number of rotatable bonds is 5. The van der Waals surface area contributed by atoms with Crippen LogP contribution in [-0.2, 0) is 9.59 Å². The highest BCUT2D eigenvalue weighted by Gasteiger charge is 2.48. The van der Waals surface area contributed by atoms with Crippen LogP contribution in [0.5, 0.6) is 0 Å². The van der Waals surface area contributed by atoms with Crippen molar-refractivity contribution in [1.82, 2.24) is 14.7 Å². The van der Waals surface area contributed by atoms with Crippen molar-refractivity contribution in [3.05, 3.63) is 0 Å². The highest BCUT2D eigenvalue weighted by Crippen LogP contribution is 2.34. The molecule has 130 valence electrons. The van der Waals surface area contributed by atoms with E-state index in [9.17, 15) is 9.59 Å². The van der Waals surface area contributed by atoms with Crippen molar-refractivity contribution >= 4 is 36.6 Å². The molecule has 2 fully saturated rings. The van der Waals surface area contributed by atoms with Crippen molar-refractivity contribution in [3.63, 3.8) is 0 Å². The summed E-state index contributed by atoms with van der Waals surface area (Å²) >= 11 is 0. The molecule has 0 atom stereocenters. The molecule has 2 rings (SSSR count). The van der Waals surface area contributed by atoms with Crippen molar-refractivity contribution in [3.8, 4) is 0 Å². The van der Waals surface area contributed by atoms with Crippen molar-refractivity contribution in [2.24, 2.45) is 5.73 Å². The largest absolute Gasteiger partial charge is 0.342 e. The van der Waals surface area contributed by atoms with Gasteiger partial charge >= 0.3 is 0 Å².